The van der Waals surface area contributed by atoms with Crippen LogP contribution in [0.4, 0.5) is 5.69 Å². The maximum Gasteiger partial charge on any atom is 0.211 e. The van der Waals surface area contributed by atoms with Crippen LogP contribution in [-0.2, 0) is 16.6 Å². The molecule has 0 spiro atoms. The van der Waals surface area contributed by atoms with Gasteiger partial charge in [-0.25, -0.2) is 17.7 Å². The molecular formula is C20H26N4O2S. The molecule has 1 aliphatic heterocycles. The minimum atomic E-state index is -3.08. The lowest BCUT2D eigenvalue weighted by atomic mass is 10.0. The second kappa shape index (κ2) is 8.54. The number of nitrogens with one attached hydrogen (secondary N) is 2. The molecule has 0 saturated carbocycles. The molecule has 0 aromatic heterocycles. The Bertz CT molecular complexity index is 874. The second-order valence-corrected chi connectivity index (χ2v) is 8.95. The van der Waals surface area contributed by atoms with Gasteiger partial charge in [0, 0.05) is 31.2 Å². The lowest BCUT2D eigenvalue weighted by Crippen LogP contribution is -2.53. The van der Waals surface area contributed by atoms with E-state index >= 15 is 0 Å². The molecule has 0 radical (unpaired) electrons. The third kappa shape index (κ3) is 5.80. The first kappa shape index (κ1) is 19.4. The van der Waals surface area contributed by atoms with Crippen molar-refractivity contribution in [3.8, 4) is 0 Å². The molecule has 0 bridgehead atoms. The first-order chi connectivity index (χ1) is 12.9. The molecule has 0 amide bonds. The van der Waals surface area contributed by atoms with E-state index in [9.17, 15) is 8.42 Å². The largest absolute Gasteiger partial charge is 0.356 e. The van der Waals surface area contributed by atoms with Crippen LogP contribution in [-0.4, -0.2) is 44.6 Å². The molecule has 1 saturated heterocycles. The Balaban J connectivity index is 1.61. The van der Waals surface area contributed by atoms with Gasteiger partial charge in [0.05, 0.1) is 12.8 Å². The molecule has 1 heterocycles. The van der Waals surface area contributed by atoms with Gasteiger partial charge in [-0.3, -0.25) is 0 Å². The maximum atomic E-state index is 11.5. The van der Waals surface area contributed by atoms with Crippen LogP contribution in [0, 0.1) is 12.8 Å². The van der Waals surface area contributed by atoms with E-state index in [1.54, 1.807) is 0 Å². The lowest BCUT2D eigenvalue weighted by Gasteiger charge is -2.37. The Morgan fingerprint density at radius 1 is 1.11 bits per heavy atom. The maximum absolute atomic E-state index is 11.5. The van der Waals surface area contributed by atoms with E-state index in [4.69, 9.17) is 0 Å². The molecule has 144 valence electrons. The van der Waals surface area contributed by atoms with Crippen molar-refractivity contribution >= 4 is 21.7 Å². The van der Waals surface area contributed by atoms with Crippen LogP contribution in [0.2, 0.25) is 0 Å². The number of para-hydroxylation sites is 1. The zero-order valence-electron chi connectivity index (χ0n) is 15.7. The first-order valence-corrected chi connectivity index (χ1v) is 10.9. The zero-order chi connectivity index (χ0) is 19.3. The fraction of sp³-hybridized carbons (Fsp3) is 0.350. The topological polar surface area (TPSA) is 73.8 Å². The molecular weight excluding hydrogens is 360 g/mol. The minimum Gasteiger partial charge on any atom is -0.356 e. The molecule has 0 atom stereocenters. The van der Waals surface area contributed by atoms with Gasteiger partial charge in [-0.05, 0) is 24.6 Å². The monoisotopic (exact) mass is 386 g/mol. The molecule has 27 heavy (non-hydrogen) atoms. The fourth-order valence-corrected chi connectivity index (χ4v) is 3.79. The summed E-state index contributed by atoms with van der Waals surface area (Å²) in [5.74, 6) is 0.987. The summed E-state index contributed by atoms with van der Waals surface area (Å²) in [6.07, 6.45) is 1.25. The van der Waals surface area contributed by atoms with E-state index in [-0.39, 0.29) is 0 Å². The number of guanidine groups is 1. The van der Waals surface area contributed by atoms with Crippen molar-refractivity contribution in [1.82, 2.24) is 9.62 Å². The number of sulfonamides is 1. The molecule has 0 unspecified atom stereocenters. The molecule has 1 aliphatic rings. The molecule has 1 fully saturated rings. The van der Waals surface area contributed by atoms with Gasteiger partial charge in [-0.15, -0.1) is 0 Å². The number of anilines is 1. The van der Waals surface area contributed by atoms with E-state index in [1.807, 2.05) is 30.3 Å². The molecule has 7 heteroatoms. The smallest absolute Gasteiger partial charge is 0.211 e. The summed E-state index contributed by atoms with van der Waals surface area (Å²) in [4.78, 5) is 4.68. The van der Waals surface area contributed by atoms with Gasteiger partial charge in [-0.1, -0.05) is 48.0 Å². The van der Waals surface area contributed by atoms with Gasteiger partial charge in [0.25, 0.3) is 0 Å². The van der Waals surface area contributed by atoms with E-state index in [2.05, 4.69) is 46.8 Å². The van der Waals surface area contributed by atoms with E-state index in [0.717, 1.165) is 11.3 Å². The molecule has 2 aromatic carbocycles. The van der Waals surface area contributed by atoms with Crippen LogP contribution in [0.5, 0.6) is 0 Å². The summed E-state index contributed by atoms with van der Waals surface area (Å²) >= 11 is 0. The predicted octanol–water partition coefficient (Wildman–Crippen LogP) is 2.44. The van der Waals surface area contributed by atoms with Crippen molar-refractivity contribution in [2.75, 3.05) is 31.2 Å². The molecule has 0 aliphatic carbocycles. The van der Waals surface area contributed by atoms with Crippen LogP contribution >= 0.6 is 0 Å². The normalized spacial score (nSPS) is 16.0. The summed E-state index contributed by atoms with van der Waals surface area (Å²) < 4.78 is 24.5. The van der Waals surface area contributed by atoms with Crippen molar-refractivity contribution in [2.45, 2.75) is 13.5 Å². The van der Waals surface area contributed by atoms with Gasteiger partial charge in [-0.2, -0.15) is 0 Å². The van der Waals surface area contributed by atoms with E-state index in [1.165, 1.54) is 16.1 Å². The van der Waals surface area contributed by atoms with Crippen molar-refractivity contribution in [2.24, 2.45) is 10.9 Å². The number of hydrogen-bond acceptors (Lipinski definition) is 3. The zero-order valence-corrected chi connectivity index (χ0v) is 16.5. The number of aliphatic imine (C=N–C) groups is 1. The highest BCUT2D eigenvalue weighted by molar-refractivity contribution is 7.88. The van der Waals surface area contributed by atoms with Gasteiger partial charge in [0.2, 0.25) is 10.0 Å². The SMILES string of the molecule is Cc1ccc(CN=C(NCC2CN(S(C)(=O)=O)C2)Nc2ccccc2)cc1. The van der Waals surface area contributed by atoms with Crippen molar-refractivity contribution < 1.29 is 8.42 Å². The highest BCUT2D eigenvalue weighted by atomic mass is 32.2. The van der Waals surface area contributed by atoms with Gasteiger partial charge in [0.1, 0.15) is 0 Å². The van der Waals surface area contributed by atoms with Crippen molar-refractivity contribution in [1.29, 1.82) is 0 Å². The van der Waals surface area contributed by atoms with Crippen molar-refractivity contribution in [3.63, 3.8) is 0 Å². The minimum absolute atomic E-state index is 0.293. The number of hydrogen-bond donors (Lipinski definition) is 2. The molecule has 6 nitrogen and oxygen atoms in total. The lowest BCUT2D eigenvalue weighted by molar-refractivity contribution is 0.203. The van der Waals surface area contributed by atoms with Crippen LogP contribution in [0.3, 0.4) is 0 Å². The number of benzene rings is 2. The molecule has 2 aromatic rings. The Hall–Kier alpha value is -2.38. The number of rotatable bonds is 6. The Kier molecular flexibility index (Phi) is 6.13. The van der Waals surface area contributed by atoms with Crippen LogP contribution in [0.1, 0.15) is 11.1 Å². The summed E-state index contributed by atoms with van der Waals surface area (Å²) in [5, 5.41) is 6.65. The average molecular weight is 387 g/mol. The Morgan fingerprint density at radius 2 is 1.78 bits per heavy atom. The van der Waals surface area contributed by atoms with Gasteiger partial charge < -0.3 is 10.6 Å². The fourth-order valence-electron chi connectivity index (χ4n) is 2.83. The van der Waals surface area contributed by atoms with Gasteiger partial charge >= 0.3 is 0 Å². The number of aryl methyl sites for hydroxylation is 1. The second-order valence-electron chi connectivity index (χ2n) is 6.97. The molecule has 3 rings (SSSR count). The van der Waals surface area contributed by atoms with Crippen LogP contribution < -0.4 is 10.6 Å². The third-order valence-corrected chi connectivity index (χ3v) is 5.76. The average Bonchev–Trinajstić information content (AvgIpc) is 2.59. The predicted molar refractivity (Wildman–Crippen MR) is 110 cm³/mol. The van der Waals surface area contributed by atoms with E-state index in [0.29, 0.717) is 38.1 Å². The van der Waals surface area contributed by atoms with Crippen LogP contribution in [0.25, 0.3) is 0 Å². The molecule has 2 N–H and O–H groups in total. The third-order valence-electron chi connectivity index (χ3n) is 4.53. The summed E-state index contributed by atoms with van der Waals surface area (Å²) in [6, 6.07) is 18.2. The van der Waals surface area contributed by atoms with Crippen molar-refractivity contribution in [3.05, 3.63) is 65.7 Å². The highest BCUT2D eigenvalue weighted by Crippen LogP contribution is 2.17. The summed E-state index contributed by atoms with van der Waals surface area (Å²) in [5.41, 5.74) is 3.32. The Morgan fingerprint density at radius 3 is 2.41 bits per heavy atom. The summed E-state index contributed by atoms with van der Waals surface area (Å²) in [6.45, 7) is 4.43. The number of nitrogens with zero attached hydrogens (tertiary/aromatic N) is 2. The van der Waals surface area contributed by atoms with Crippen LogP contribution in [0.15, 0.2) is 59.6 Å². The standard InChI is InChI=1S/C20H26N4O2S/c1-16-8-10-17(11-9-16)12-21-20(23-19-6-4-3-5-7-19)22-13-18-14-24(15-18)27(2,25)26/h3-11,18H,12-15H2,1-2H3,(H2,21,22,23). The van der Waals surface area contributed by atoms with E-state index < -0.39 is 10.0 Å². The van der Waals surface area contributed by atoms with Gasteiger partial charge in [0.15, 0.2) is 5.96 Å². The Labute approximate surface area is 161 Å². The summed E-state index contributed by atoms with van der Waals surface area (Å²) in [7, 11) is -3.08. The first-order valence-electron chi connectivity index (χ1n) is 9.01. The quantitative estimate of drug-likeness (QED) is 0.591. The highest BCUT2D eigenvalue weighted by Gasteiger charge is 2.32.